The Morgan fingerprint density at radius 1 is 0.562 bits per heavy atom. The summed E-state index contributed by atoms with van der Waals surface area (Å²) in [6.07, 6.45) is 2.17. The van der Waals surface area contributed by atoms with E-state index in [1.165, 1.54) is 57.2 Å². The van der Waals surface area contributed by atoms with E-state index in [2.05, 4.69) is 31.2 Å². The zero-order chi connectivity index (χ0) is 65.0. The first kappa shape index (κ1) is 67.2. The van der Waals surface area contributed by atoms with Gasteiger partial charge in [0.25, 0.3) is 11.8 Å². The molecule has 89 heavy (non-hydrogen) atoms. The van der Waals surface area contributed by atoms with Crippen molar-refractivity contribution in [3.8, 4) is 5.75 Å². The molecule has 0 spiro atoms. The zero-order valence-electron chi connectivity index (χ0n) is 52.0. The van der Waals surface area contributed by atoms with Gasteiger partial charge in [0.2, 0.25) is 47.3 Å². The monoisotopic (exact) mass is 1230 g/mol. The average Bonchev–Trinajstić information content (AvgIpc) is 2.99. The molecule has 0 bridgehead atoms. The normalized spacial score (nSPS) is 22.8. The van der Waals surface area contributed by atoms with E-state index in [-0.39, 0.29) is 37.3 Å². The number of carbonyl (C=O) groups is 12. The van der Waals surface area contributed by atoms with Gasteiger partial charge in [-0.05, 0) is 99.7 Å². The molecule has 3 aliphatic rings. The van der Waals surface area contributed by atoms with E-state index in [9.17, 15) is 57.5 Å². The molecule has 3 fully saturated rings. The van der Waals surface area contributed by atoms with E-state index in [0.717, 1.165) is 30.5 Å². The van der Waals surface area contributed by atoms with Gasteiger partial charge < -0.3 is 64.9 Å². The fraction of sp³-hybridized carbons (Fsp3) is 0.516. The zero-order valence-corrected chi connectivity index (χ0v) is 52.0. The predicted molar refractivity (Wildman–Crippen MR) is 322 cm³/mol. The second-order valence-electron chi connectivity index (χ2n) is 23.4. The van der Waals surface area contributed by atoms with Crippen molar-refractivity contribution in [3.05, 3.63) is 77.6 Å². The first-order chi connectivity index (χ1) is 42.3. The number of aryl methyl sites for hydroxylation is 1. The maximum Gasteiger partial charge on any atom is 0.329 e. The maximum absolute atomic E-state index is 14.8. The van der Waals surface area contributed by atoms with Crippen LogP contribution in [-0.4, -0.2) is 234 Å². The number of ether oxygens (including phenoxy) is 3. The number of benzene rings is 2. The molecule has 0 aliphatic carbocycles. The third kappa shape index (κ3) is 16.7. The van der Waals surface area contributed by atoms with Crippen LogP contribution in [0.5, 0.6) is 5.75 Å². The number of carbonyl (C=O) groups excluding carboxylic acids is 12. The Balaban J connectivity index is 1.16. The van der Waals surface area contributed by atoms with Gasteiger partial charge in [-0.3, -0.25) is 47.9 Å². The maximum atomic E-state index is 14.8. The van der Waals surface area contributed by atoms with Crippen LogP contribution < -0.4 is 26.0 Å². The largest absolute Gasteiger partial charge is 0.497 e. The number of esters is 2. The fourth-order valence-electron chi connectivity index (χ4n) is 11.1. The molecule has 27 nitrogen and oxygen atoms in total. The molecule has 5 heterocycles. The number of methoxy groups -OCH3 is 1. The van der Waals surface area contributed by atoms with Crippen LogP contribution in [0.1, 0.15) is 92.8 Å². The number of aromatic nitrogens is 2. The predicted octanol–water partition coefficient (Wildman–Crippen LogP) is 0.974. The van der Waals surface area contributed by atoms with Gasteiger partial charge in [-0.15, -0.1) is 0 Å². The summed E-state index contributed by atoms with van der Waals surface area (Å²) in [5, 5.41) is 11.8. The summed E-state index contributed by atoms with van der Waals surface area (Å²) in [5.74, 6) is -10.2. The van der Waals surface area contributed by atoms with Crippen LogP contribution in [0.3, 0.4) is 0 Å². The quantitative estimate of drug-likeness (QED) is 0.187. The smallest absolute Gasteiger partial charge is 0.329 e. The molecular formula is C62H80N12O15. The minimum atomic E-state index is -1.62. The lowest BCUT2D eigenvalue weighted by Crippen LogP contribution is -2.59. The second kappa shape index (κ2) is 30.1. The Morgan fingerprint density at radius 2 is 0.978 bits per heavy atom. The van der Waals surface area contributed by atoms with Gasteiger partial charge in [0.15, 0.2) is 0 Å². The van der Waals surface area contributed by atoms with Gasteiger partial charge in [-0.25, -0.2) is 19.6 Å². The molecule has 10 amide bonds. The number of fused-ring (bicyclic) bond motifs is 4. The lowest BCUT2D eigenvalue weighted by molar-refractivity contribution is -0.159. The van der Waals surface area contributed by atoms with Crippen LogP contribution >= 0.6 is 0 Å². The van der Waals surface area contributed by atoms with Gasteiger partial charge in [-0.1, -0.05) is 51.5 Å². The number of nitrogens with zero attached hydrogens (tertiary/aromatic N) is 8. The topological polar surface area (TPSA) is 326 Å². The molecule has 6 atom stereocenters. The van der Waals surface area contributed by atoms with Crippen LogP contribution in [-0.2, 0) is 57.4 Å². The molecule has 478 valence electrons. The Bertz CT molecular complexity index is 3380. The van der Waals surface area contributed by atoms with Crippen molar-refractivity contribution >= 4 is 92.8 Å². The number of rotatable bonds is 7. The van der Waals surface area contributed by atoms with Gasteiger partial charge in [0.05, 0.1) is 44.3 Å². The third-order valence-corrected chi connectivity index (χ3v) is 16.2. The van der Waals surface area contributed by atoms with Gasteiger partial charge >= 0.3 is 11.9 Å². The molecule has 0 saturated carbocycles. The van der Waals surface area contributed by atoms with Crippen molar-refractivity contribution in [2.24, 2.45) is 11.8 Å². The van der Waals surface area contributed by atoms with Crippen LogP contribution in [0, 0.1) is 18.8 Å². The van der Waals surface area contributed by atoms with E-state index < -0.39 is 158 Å². The third-order valence-electron chi connectivity index (χ3n) is 16.2. The van der Waals surface area contributed by atoms with Crippen LogP contribution in [0.25, 0.3) is 21.8 Å². The highest BCUT2D eigenvalue weighted by atomic mass is 16.5. The molecule has 3 saturated heterocycles. The Kier molecular flexibility index (Phi) is 22.7. The molecule has 3 aliphatic heterocycles. The number of hydrogen-bond acceptors (Lipinski definition) is 17. The van der Waals surface area contributed by atoms with Gasteiger partial charge in [0.1, 0.15) is 66.6 Å². The van der Waals surface area contributed by atoms with Gasteiger partial charge in [0, 0.05) is 52.1 Å². The number of likely N-dealkylation sites (N-methyl/N-ethyl adjacent to an activating group) is 4. The minimum absolute atomic E-state index is 0.0242. The second-order valence-corrected chi connectivity index (χ2v) is 23.4. The van der Waals surface area contributed by atoms with Crippen LogP contribution in [0.15, 0.2) is 60.7 Å². The van der Waals surface area contributed by atoms with Crippen molar-refractivity contribution in [2.45, 2.75) is 109 Å². The number of cyclic esters (lactones) is 2. The Morgan fingerprint density at radius 3 is 1.39 bits per heavy atom. The van der Waals surface area contributed by atoms with Crippen LogP contribution in [0.4, 0.5) is 0 Å². The summed E-state index contributed by atoms with van der Waals surface area (Å²) in [6.45, 7) is 4.60. The summed E-state index contributed by atoms with van der Waals surface area (Å²) < 4.78 is 16.9. The first-order valence-corrected chi connectivity index (χ1v) is 29.7. The highest BCUT2D eigenvalue weighted by molar-refractivity contribution is 6.01. The number of piperidine rings is 2. The lowest BCUT2D eigenvalue weighted by atomic mass is 10.00. The van der Waals surface area contributed by atoms with E-state index in [1.54, 1.807) is 64.1 Å². The highest BCUT2D eigenvalue weighted by Gasteiger charge is 2.42. The fourth-order valence-corrected chi connectivity index (χ4v) is 11.1. The lowest BCUT2D eigenvalue weighted by Gasteiger charge is -2.37. The van der Waals surface area contributed by atoms with E-state index in [0.29, 0.717) is 47.9 Å². The molecule has 4 N–H and O–H groups in total. The molecule has 2 aromatic heterocycles. The van der Waals surface area contributed by atoms with Crippen molar-refractivity contribution in [1.29, 1.82) is 0 Å². The van der Waals surface area contributed by atoms with Crippen molar-refractivity contribution < 1.29 is 71.7 Å². The summed E-state index contributed by atoms with van der Waals surface area (Å²) in [5.41, 5.74) is 1.72. The molecule has 27 heteroatoms. The SMILES string of the molecule is COc1ccc2nc(C(=O)NC3COC(=O)[C@H](C(C)C)N(C)C(=O)CN(C)C(=O)CNC(=O)[C@@H]4CCCCN4C(=O)C(NC(=O)c4ccc5cc(C)ccc5n4)COC(=O)[C@H](C(C)C)N(C)C(=O)CN(C)C(=O)CNC(=O)[C@@H]4CCCCN4C3=O)ccc2c1. The number of hydrogen-bond donors (Lipinski definition) is 4. The molecular weight excluding hydrogens is 1150 g/mol. The van der Waals surface area contributed by atoms with Crippen molar-refractivity contribution in [3.63, 3.8) is 0 Å². The van der Waals surface area contributed by atoms with Crippen LogP contribution in [0.2, 0.25) is 0 Å². The van der Waals surface area contributed by atoms with Gasteiger partial charge in [-0.2, -0.15) is 0 Å². The van der Waals surface area contributed by atoms with E-state index in [1.807, 2.05) is 19.1 Å². The molecule has 7 rings (SSSR count). The number of nitrogens with one attached hydrogen (secondary N) is 4. The summed E-state index contributed by atoms with van der Waals surface area (Å²) >= 11 is 0. The molecule has 2 unspecified atom stereocenters. The van der Waals surface area contributed by atoms with E-state index >= 15 is 0 Å². The molecule has 2 aromatic carbocycles. The molecule has 4 aromatic rings. The summed E-state index contributed by atoms with van der Waals surface area (Å²) in [4.78, 5) is 185. The standard InChI is InChI=1S/C62H80N12O15/c1-35(2)53-61(85)88-33-45(67-55(79)43-22-18-38-27-37(5)17-21-41(38)65-43)59(83)73-25-13-11-15-47(73)57(81)63-29-49(75)70(7)32-52(78)72(9)54(36(3)4)62(86)89-34-46(68-56(80)44-23-19-39-28-40(87-10)20-24-42(39)66-44)60(84)74-26-14-12-16-48(74)58(82)64-30-50(76)69(6)31-51(77)71(53)8/h17-24,27-28,35-36,45-48,53-54H,11-16,25-26,29-34H2,1-10H3,(H,63,81)(H,64,82)(H,67,79)(H,68,80)/t45?,46?,47-,48-,53-,54-/m0/s1. The summed E-state index contributed by atoms with van der Waals surface area (Å²) in [7, 11) is 6.79. The number of amides is 10. The highest BCUT2D eigenvalue weighted by Crippen LogP contribution is 2.24. The summed E-state index contributed by atoms with van der Waals surface area (Å²) in [6, 6.07) is 8.52. The Labute approximate surface area is 515 Å². The van der Waals surface area contributed by atoms with Crippen molar-refractivity contribution in [1.82, 2.24) is 60.6 Å². The minimum Gasteiger partial charge on any atom is -0.497 e. The van der Waals surface area contributed by atoms with E-state index in [4.69, 9.17) is 14.2 Å². The Hall–Kier alpha value is -9.30. The average molecular weight is 1230 g/mol. The first-order valence-electron chi connectivity index (χ1n) is 29.7. The molecule has 0 radical (unpaired) electrons. The number of pyridine rings is 2. The van der Waals surface area contributed by atoms with Crippen molar-refractivity contribution in [2.75, 3.05) is 87.8 Å².